The van der Waals surface area contributed by atoms with E-state index in [4.69, 9.17) is 5.73 Å². The van der Waals surface area contributed by atoms with Gasteiger partial charge in [0.25, 0.3) is 0 Å². The number of hydrogen-bond donors (Lipinski definition) is 2. The van der Waals surface area contributed by atoms with Crippen LogP contribution >= 0.6 is 0 Å². The zero-order chi connectivity index (χ0) is 12.3. The van der Waals surface area contributed by atoms with E-state index in [0.717, 1.165) is 24.1 Å². The molecule has 0 saturated heterocycles. The Labute approximate surface area is 102 Å². The molecule has 1 aliphatic carbocycles. The molecule has 1 amide bonds. The normalized spacial score (nSPS) is 16.6. The summed E-state index contributed by atoms with van der Waals surface area (Å²) in [7, 11) is 0. The quantitative estimate of drug-likeness (QED) is 0.790. The zero-order valence-corrected chi connectivity index (χ0v) is 10.1. The van der Waals surface area contributed by atoms with Gasteiger partial charge in [-0.3, -0.25) is 9.78 Å². The third kappa shape index (κ3) is 3.53. The maximum Gasteiger partial charge on any atom is 0.224 e. The lowest BCUT2D eigenvalue weighted by Crippen LogP contribution is -2.37. The van der Waals surface area contributed by atoms with E-state index in [2.05, 4.69) is 10.3 Å². The first kappa shape index (κ1) is 12.0. The number of hydrogen-bond acceptors (Lipinski definition) is 3. The number of rotatable bonds is 5. The number of pyridine rings is 1. The summed E-state index contributed by atoms with van der Waals surface area (Å²) in [5, 5.41) is 3.00. The van der Waals surface area contributed by atoms with Crippen LogP contribution in [0, 0.1) is 12.8 Å². The SMILES string of the molecule is Cc1ccc(CC(CN)C(=O)NC2CC2)cn1. The fraction of sp³-hybridized carbons (Fsp3) is 0.538. The van der Waals surface area contributed by atoms with Crippen LogP contribution in [0.3, 0.4) is 0 Å². The fourth-order valence-corrected chi connectivity index (χ4v) is 1.73. The van der Waals surface area contributed by atoms with E-state index in [9.17, 15) is 4.79 Å². The van der Waals surface area contributed by atoms with Crippen molar-refractivity contribution in [1.82, 2.24) is 10.3 Å². The highest BCUT2D eigenvalue weighted by molar-refractivity contribution is 5.79. The second-order valence-corrected chi connectivity index (χ2v) is 4.73. The highest BCUT2D eigenvalue weighted by atomic mass is 16.2. The van der Waals surface area contributed by atoms with E-state index in [1.54, 1.807) is 0 Å². The van der Waals surface area contributed by atoms with Crippen LogP contribution in [0.25, 0.3) is 0 Å². The minimum absolute atomic E-state index is 0.0792. The number of carbonyl (C=O) groups excluding carboxylic acids is 1. The first-order valence-electron chi connectivity index (χ1n) is 6.11. The molecule has 1 aromatic rings. The molecule has 1 heterocycles. The topological polar surface area (TPSA) is 68.0 Å². The smallest absolute Gasteiger partial charge is 0.224 e. The van der Waals surface area contributed by atoms with Crippen molar-refractivity contribution in [3.8, 4) is 0 Å². The van der Waals surface area contributed by atoms with Gasteiger partial charge in [-0.05, 0) is 37.8 Å². The molecule has 92 valence electrons. The lowest BCUT2D eigenvalue weighted by atomic mass is 9.99. The Bertz CT molecular complexity index is 384. The number of nitrogens with zero attached hydrogens (tertiary/aromatic N) is 1. The number of amides is 1. The molecule has 1 saturated carbocycles. The summed E-state index contributed by atoms with van der Waals surface area (Å²) >= 11 is 0. The van der Waals surface area contributed by atoms with Crippen molar-refractivity contribution in [3.05, 3.63) is 29.6 Å². The van der Waals surface area contributed by atoms with Gasteiger partial charge in [0.1, 0.15) is 0 Å². The fourth-order valence-electron chi connectivity index (χ4n) is 1.73. The van der Waals surface area contributed by atoms with Gasteiger partial charge in [-0.2, -0.15) is 0 Å². The van der Waals surface area contributed by atoms with Crippen molar-refractivity contribution < 1.29 is 4.79 Å². The number of nitrogens with one attached hydrogen (secondary N) is 1. The molecule has 17 heavy (non-hydrogen) atoms. The van der Waals surface area contributed by atoms with Crippen molar-refractivity contribution >= 4 is 5.91 Å². The van der Waals surface area contributed by atoms with E-state index in [1.165, 1.54) is 0 Å². The summed E-state index contributed by atoms with van der Waals surface area (Å²) in [4.78, 5) is 16.1. The second-order valence-electron chi connectivity index (χ2n) is 4.73. The van der Waals surface area contributed by atoms with E-state index in [1.807, 2.05) is 25.3 Å². The van der Waals surface area contributed by atoms with Gasteiger partial charge in [-0.15, -0.1) is 0 Å². The summed E-state index contributed by atoms with van der Waals surface area (Å²) in [6.07, 6.45) is 4.70. The summed E-state index contributed by atoms with van der Waals surface area (Å²) in [6.45, 7) is 2.33. The van der Waals surface area contributed by atoms with Crippen molar-refractivity contribution in [2.75, 3.05) is 6.54 Å². The standard InChI is InChI=1S/C13H19N3O/c1-9-2-3-10(8-15-9)6-11(7-14)13(17)16-12-4-5-12/h2-3,8,11-12H,4-7,14H2,1H3,(H,16,17). The minimum Gasteiger partial charge on any atom is -0.353 e. The Hall–Kier alpha value is -1.42. The van der Waals surface area contributed by atoms with Crippen molar-refractivity contribution in [1.29, 1.82) is 0 Å². The van der Waals surface area contributed by atoms with Gasteiger partial charge in [-0.1, -0.05) is 6.07 Å². The molecule has 0 aliphatic heterocycles. The average molecular weight is 233 g/mol. The van der Waals surface area contributed by atoms with Crippen LogP contribution in [0.1, 0.15) is 24.1 Å². The molecule has 1 atom stereocenters. The first-order valence-corrected chi connectivity index (χ1v) is 6.11. The van der Waals surface area contributed by atoms with Gasteiger partial charge < -0.3 is 11.1 Å². The predicted octanol–water partition coefficient (Wildman–Crippen LogP) is 0.786. The van der Waals surface area contributed by atoms with E-state index in [0.29, 0.717) is 19.0 Å². The van der Waals surface area contributed by atoms with E-state index >= 15 is 0 Å². The number of carbonyl (C=O) groups is 1. The molecule has 4 heteroatoms. The maximum atomic E-state index is 11.9. The Morgan fingerprint density at radius 1 is 1.59 bits per heavy atom. The van der Waals surface area contributed by atoms with Crippen molar-refractivity contribution in [2.24, 2.45) is 11.7 Å². The summed E-state index contributed by atoms with van der Waals surface area (Å²) < 4.78 is 0. The lowest BCUT2D eigenvalue weighted by molar-refractivity contribution is -0.124. The highest BCUT2D eigenvalue weighted by Gasteiger charge is 2.26. The Kier molecular flexibility index (Phi) is 3.74. The van der Waals surface area contributed by atoms with Gasteiger partial charge in [0.15, 0.2) is 0 Å². The van der Waals surface area contributed by atoms with Crippen LogP contribution in [0.4, 0.5) is 0 Å². The highest BCUT2D eigenvalue weighted by Crippen LogP contribution is 2.19. The van der Waals surface area contributed by atoms with Crippen LogP contribution in [-0.2, 0) is 11.2 Å². The molecule has 1 aliphatic rings. The summed E-state index contributed by atoms with van der Waals surface area (Å²) in [6, 6.07) is 4.37. The molecule has 0 bridgehead atoms. The van der Waals surface area contributed by atoms with Crippen LogP contribution in [-0.4, -0.2) is 23.5 Å². The maximum absolute atomic E-state index is 11.9. The molecule has 0 radical (unpaired) electrons. The molecule has 0 spiro atoms. The lowest BCUT2D eigenvalue weighted by Gasteiger charge is -2.14. The predicted molar refractivity (Wildman–Crippen MR) is 66.4 cm³/mol. The number of nitrogens with two attached hydrogens (primary N) is 1. The monoisotopic (exact) mass is 233 g/mol. The van der Waals surface area contributed by atoms with Crippen LogP contribution in [0.5, 0.6) is 0 Å². The molecule has 1 fully saturated rings. The molecule has 1 aromatic heterocycles. The zero-order valence-electron chi connectivity index (χ0n) is 10.1. The van der Waals surface area contributed by atoms with Crippen molar-refractivity contribution in [2.45, 2.75) is 32.2 Å². The number of aromatic nitrogens is 1. The third-order valence-electron chi connectivity index (χ3n) is 3.03. The molecular weight excluding hydrogens is 214 g/mol. The largest absolute Gasteiger partial charge is 0.353 e. The summed E-state index contributed by atoms with van der Waals surface area (Å²) in [5.41, 5.74) is 7.72. The average Bonchev–Trinajstić information content (AvgIpc) is 3.12. The third-order valence-corrected chi connectivity index (χ3v) is 3.03. The van der Waals surface area contributed by atoms with Gasteiger partial charge in [0.05, 0.1) is 5.92 Å². The molecule has 4 nitrogen and oxygen atoms in total. The number of aryl methyl sites for hydroxylation is 1. The van der Waals surface area contributed by atoms with Crippen molar-refractivity contribution in [3.63, 3.8) is 0 Å². The molecule has 1 unspecified atom stereocenters. The van der Waals surface area contributed by atoms with E-state index in [-0.39, 0.29) is 11.8 Å². The van der Waals surface area contributed by atoms with Crippen LogP contribution in [0.2, 0.25) is 0 Å². The van der Waals surface area contributed by atoms with Gasteiger partial charge in [0.2, 0.25) is 5.91 Å². The van der Waals surface area contributed by atoms with E-state index < -0.39 is 0 Å². The molecule has 0 aromatic carbocycles. The van der Waals surface area contributed by atoms with Gasteiger partial charge in [0, 0.05) is 24.5 Å². The minimum atomic E-state index is -0.139. The second kappa shape index (κ2) is 5.27. The first-order chi connectivity index (χ1) is 8.19. The van der Waals surface area contributed by atoms with Gasteiger partial charge in [-0.25, -0.2) is 0 Å². The molecular formula is C13H19N3O. The van der Waals surface area contributed by atoms with Crippen LogP contribution < -0.4 is 11.1 Å². The Morgan fingerprint density at radius 2 is 2.35 bits per heavy atom. The molecule has 3 N–H and O–H groups in total. The van der Waals surface area contributed by atoms with Gasteiger partial charge >= 0.3 is 0 Å². The molecule has 2 rings (SSSR count). The van der Waals surface area contributed by atoms with Crippen LogP contribution in [0.15, 0.2) is 18.3 Å². The summed E-state index contributed by atoms with van der Waals surface area (Å²) in [5.74, 6) is -0.0596. The Balaban J connectivity index is 1.93. The Morgan fingerprint density at radius 3 is 2.88 bits per heavy atom.